The first-order valence-corrected chi connectivity index (χ1v) is 7.20. The highest BCUT2D eigenvalue weighted by atomic mass is 35.5. The summed E-state index contributed by atoms with van der Waals surface area (Å²) >= 11 is 6.50. The second-order valence-electron chi connectivity index (χ2n) is 5.77. The van der Waals surface area contributed by atoms with E-state index in [1.807, 2.05) is 0 Å². The summed E-state index contributed by atoms with van der Waals surface area (Å²) in [4.78, 5) is 0. The lowest BCUT2D eigenvalue weighted by Crippen LogP contribution is -2.26. The molecular formula is C16H23Cl. The molecule has 1 heteroatoms. The van der Waals surface area contributed by atoms with E-state index in [1.165, 1.54) is 36.0 Å². The fourth-order valence-electron chi connectivity index (χ4n) is 3.11. The second-order valence-corrected chi connectivity index (χ2v) is 6.33. The van der Waals surface area contributed by atoms with Crippen molar-refractivity contribution in [3.05, 3.63) is 34.9 Å². The average Bonchev–Trinajstić information content (AvgIpc) is 2.28. The fraction of sp³-hybridized carbons (Fsp3) is 0.625. The lowest BCUT2D eigenvalue weighted by molar-refractivity contribution is 0.286. The zero-order valence-electron chi connectivity index (χ0n) is 11.2. The van der Waals surface area contributed by atoms with Gasteiger partial charge in [-0.3, -0.25) is 0 Å². The van der Waals surface area contributed by atoms with E-state index in [1.54, 1.807) is 0 Å². The molecule has 1 fully saturated rings. The number of hydrogen-bond acceptors (Lipinski definition) is 0. The third-order valence-electron chi connectivity index (χ3n) is 4.26. The Labute approximate surface area is 110 Å². The summed E-state index contributed by atoms with van der Waals surface area (Å²) < 4.78 is 0. The summed E-state index contributed by atoms with van der Waals surface area (Å²) in [7, 11) is 0. The fourth-order valence-corrected chi connectivity index (χ4v) is 3.42. The number of benzene rings is 1. The van der Waals surface area contributed by atoms with Crippen LogP contribution in [0.25, 0.3) is 0 Å². The van der Waals surface area contributed by atoms with Crippen LogP contribution in [0.4, 0.5) is 0 Å². The summed E-state index contributed by atoms with van der Waals surface area (Å²) in [5.41, 5.74) is 4.37. The molecule has 0 aliphatic heterocycles. The molecular weight excluding hydrogens is 228 g/mol. The highest BCUT2D eigenvalue weighted by Crippen LogP contribution is 2.35. The van der Waals surface area contributed by atoms with E-state index in [2.05, 4.69) is 39.0 Å². The first-order chi connectivity index (χ1) is 8.08. The molecule has 0 saturated heterocycles. The molecule has 0 N–H and O–H groups in total. The van der Waals surface area contributed by atoms with Crippen molar-refractivity contribution in [1.82, 2.24) is 0 Å². The van der Waals surface area contributed by atoms with Crippen molar-refractivity contribution in [2.45, 2.75) is 51.8 Å². The lowest BCUT2D eigenvalue weighted by atomic mass is 9.78. The minimum absolute atomic E-state index is 0.380. The minimum atomic E-state index is 0.380. The normalized spacial score (nSPS) is 29.3. The Morgan fingerprint density at radius 1 is 1.18 bits per heavy atom. The molecule has 94 valence electrons. The number of alkyl halides is 1. The largest absolute Gasteiger partial charge is 0.123 e. The summed E-state index contributed by atoms with van der Waals surface area (Å²) in [6.45, 7) is 6.80. The van der Waals surface area contributed by atoms with Gasteiger partial charge in [-0.2, -0.15) is 0 Å². The van der Waals surface area contributed by atoms with Crippen molar-refractivity contribution in [3.63, 3.8) is 0 Å². The Hall–Kier alpha value is -0.490. The van der Waals surface area contributed by atoms with E-state index < -0.39 is 0 Å². The van der Waals surface area contributed by atoms with Gasteiger partial charge in [-0.1, -0.05) is 25.1 Å². The van der Waals surface area contributed by atoms with Gasteiger partial charge in [0, 0.05) is 5.38 Å². The van der Waals surface area contributed by atoms with Crippen molar-refractivity contribution in [3.8, 4) is 0 Å². The van der Waals surface area contributed by atoms with Crippen molar-refractivity contribution < 1.29 is 0 Å². The molecule has 3 unspecified atom stereocenters. The molecule has 0 aromatic heterocycles. The monoisotopic (exact) mass is 250 g/mol. The number of rotatable bonds is 2. The van der Waals surface area contributed by atoms with Crippen LogP contribution in [-0.4, -0.2) is 5.38 Å². The lowest BCUT2D eigenvalue weighted by Gasteiger charge is -2.32. The second kappa shape index (κ2) is 5.44. The van der Waals surface area contributed by atoms with Gasteiger partial charge in [-0.05, 0) is 68.1 Å². The average molecular weight is 251 g/mol. The highest BCUT2D eigenvalue weighted by molar-refractivity contribution is 6.20. The van der Waals surface area contributed by atoms with E-state index in [9.17, 15) is 0 Å². The van der Waals surface area contributed by atoms with Crippen LogP contribution in [0.2, 0.25) is 0 Å². The molecule has 1 saturated carbocycles. The Balaban J connectivity index is 2.14. The van der Waals surface area contributed by atoms with Gasteiger partial charge in [0.1, 0.15) is 0 Å². The Kier molecular flexibility index (Phi) is 4.14. The molecule has 0 bridgehead atoms. The molecule has 2 rings (SSSR count). The maximum atomic E-state index is 6.50. The summed E-state index contributed by atoms with van der Waals surface area (Å²) in [5, 5.41) is 0.380. The molecule has 1 aromatic carbocycles. The number of aryl methyl sites for hydroxylation is 2. The first-order valence-electron chi connectivity index (χ1n) is 6.77. The molecule has 3 atom stereocenters. The molecule has 0 spiro atoms. The smallest absolute Gasteiger partial charge is 0.0367 e. The quantitative estimate of drug-likeness (QED) is 0.656. The zero-order valence-corrected chi connectivity index (χ0v) is 11.9. The van der Waals surface area contributed by atoms with Crippen LogP contribution < -0.4 is 0 Å². The van der Waals surface area contributed by atoms with Gasteiger partial charge in [-0.25, -0.2) is 0 Å². The SMILES string of the molecule is Cc1cccc(C)c1CC1CC(C)CCC1Cl. The van der Waals surface area contributed by atoms with Crippen LogP contribution in [-0.2, 0) is 6.42 Å². The van der Waals surface area contributed by atoms with Crippen LogP contribution in [0.15, 0.2) is 18.2 Å². The summed E-state index contributed by atoms with van der Waals surface area (Å²) in [5.74, 6) is 1.51. The van der Waals surface area contributed by atoms with E-state index in [0.29, 0.717) is 11.3 Å². The third-order valence-corrected chi connectivity index (χ3v) is 4.84. The van der Waals surface area contributed by atoms with Crippen LogP contribution in [0.1, 0.15) is 42.9 Å². The molecule has 1 aliphatic rings. The van der Waals surface area contributed by atoms with E-state index >= 15 is 0 Å². The van der Waals surface area contributed by atoms with Crippen LogP contribution >= 0.6 is 11.6 Å². The van der Waals surface area contributed by atoms with E-state index in [4.69, 9.17) is 11.6 Å². The van der Waals surface area contributed by atoms with Crippen molar-refractivity contribution >= 4 is 11.6 Å². The summed E-state index contributed by atoms with van der Waals surface area (Å²) in [6.07, 6.45) is 4.95. The Morgan fingerprint density at radius 2 is 1.82 bits per heavy atom. The predicted molar refractivity (Wildman–Crippen MR) is 75.8 cm³/mol. The molecule has 1 aromatic rings. The van der Waals surface area contributed by atoms with Gasteiger partial charge in [0.15, 0.2) is 0 Å². The molecule has 17 heavy (non-hydrogen) atoms. The zero-order chi connectivity index (χ0) is 12.4. The molecule has 0 radical (unpaired) electrons. The maximum absolute atomic E-state index is 6.50. The van der Waals surface area contributed by atoms with Gasteiger partial charge >= 0.3 is 0 Å². The summed E-state index contributed by atoms with van der Waals surface area (Å²) in [6, 6.07) is 6.59. The van der Waals surface area contributed by atoms with Gasteiger partial charge in [-0.15, -0.1) is 11.6 Å². The predicted octanol–water partition coefficient (Wildman–Crippen LogP) is 4.89. The van der Waals surface area contributed by atoms with Crippen LogP contribution in [0, 0.1) is 25.7 Å². The minimum Gasteiger partial charge on any atom is -0.123 e. The van der Waals surface area contributed by atoms with Gasteiger partial charge < -0.3 is 0 Å². The molecule has 0 nitrogen and oxygen atoms in total. The Morgan fingerprint density at radius 3 is 2.47 bits per heavy atom. The molecule has 0 heterocycles. The highest BCUT2D eigenvalue weighted by Gasteiger charge is 2.27. The molecule has 0 amide bonds. The topological polar surface area (TPSA) is 0 Å². The third kappa shape index (κ3) is 3.04. The number of halogens is 1. The van der Waals surface area contributed by atoms with Crippen molar-refractivity contribution in [2.75, 3.05) is 0 Å². The Bertz CT molecular complexity index is 363. The van der Waals surface area contributed by atoms with E-state index in [-0.39, 0.29) is 0 Å². The standard InChI is InChI=1S/C16H23Cl/c1-11-7-8-16(17)14(9-11)10-15-12(2)5-4-6-13(15)3/h4-6,11,14,16H,7-10H2,1-3H3. The molecule has 1 aliphatic carbocycles. The van der Waals surface area contributed by atoms with Gasteiger partial charge in [0.25, 0.3) is 0 Å². The maximum Gasteiger partial charge on any atom is 0.0367 e. The van der Waals surface area contributed by atoms with Crippen molar-refractivity contribution in [1.29, 1.82) is 0 Å². The number of hydrogen-bond donors (Lipinski definition) is 0. The van der Waals surface area contributed by atoms with Gasteiger partial charge in [0.2, 0.25) is 0 Å². The van der Waals surface area contributed by atoms with Crippen LogP contribution in [0.5, 0.6) is 0 Å². The van der Waals surface area contributed by atoms with Crippen LogP contribution in [0.3, 0.4) is 0 Å². The first kappa shape index (κ1) is 13.0. The van der Waals surface area contributed by atoms with E-state index in [0.717, 1.165) is 12.3 Å². The van der Waals surface area contributed by atoms with Gasteiger partial charge in [0.05, 0.1) is 0 Å². The van der Waals surface area contributed by atoms with Crippen molar-refractivity contribution in [2.24, 2.45) is 11.8 Å².